The molecule has 2 aliphatic rings. The maximum atomic E-state index is 6.66. The summed E-state index contributed by atoms with van der Waals surface area (Å²) in [6, 6.07) is 26.3. The van der Waals surface area contributed by atoms with Crippen LogP contribution in [0.4, 0.5) is 0 Å². The molecule has 0 aromatic heterocycles. The molecule has 2 heteroatoms. The lowest BCUT2D eigenvalue weighted by molar-refractivity contribution is -0.0955. The van der Waals surface area contributed by atoms with E-state index in [0.717, 1.165) is 18.6 Å². The van der Waals surface area contributed by atoms with E-state index >= 15 is 0 Å². The summed E-state index contributed by atoms with van der Waals surface area (Å²) in [6.45, 7) is 5.17. The van der Waals surface area contributed by atoms with E-state index in [1.807, 2.05) is 0 Å². The average molecular weight is 469 g/mol. The fourth-order valence-electron chi connectivity index (χ4n) is 5.93. The second-order valence-corrected chi connectivity index (χ2v) is 10.6. The Kier molecular flexibility index (Phi) is 7.88. The van der Waals surface area contributed by atoms with Crippen LogP contribution < -0.4 is 4.74 Å². The minimum atomic E-state index is -0.215. The van der Waals surface area contributed by atoms with Crippen LogP contribution in [-0.4, -0.2) is 12.9 Å². The van der Waals surface area contributed by atoms with Crippen LogP contribution in [0.5, 0.6) is 5.75 Å². The van der Waals surface area contributed by atoms with Gasteiger partial charge in [0.25, 0.3) is 0 Å². The first kappa shape index (κ1) is 24.1. The van der Waals surface area contributed by atoms with Crippen molar-refractivity contribution < 1.29 is 9.47 Å². The standard InChI is InChI=1S/C33H40O2/c1-3-24(2)26-18-20-27(21-19-26)35-33(22-25-12-6-4-5-7-13-25)34-23-32-30-16-10-8-14-28(30)29-15-9-11-17-31(29)32/h8-11,14-21,24-25,32-33H,3-7,12-13,22-23H2,1-2H3. The summed E-state index contributed by atoms with van der Waals surface area (Å²) in [6.07, 6.45) is 9.92. The van der Waals surface area contributed by atoms with E-state index in [9.17, 15) is 0 Å². The van der Waals surface area contributed by atoms with Crippen molar-refractivity contribution in [3.63, 3.8) is 0 Å². The summed E-state index contributed by atoms with van der Waals surface area (Å²) in [5.74, 6) is 2.44. The number of benzene rings is 3. The zero-order valence-corrected chi connectivity index (χ0v) is 21.4. The molecular weight excluding hydrogens is 428 g/mol. The minimum absolute atomic E-state index is 0.215. The van der Waals surface area contributed by atoms with Crippen molar-refractivity contribution in [2.24, 2.45) is 5.92 Å². The zero-order valence-electron chi connectivity index (χ0n) is 21.4. The lowest BCUT2D eigenvalue weighted by Crippen LogP contribution is -2.26. The molecule has 0 N–H and O–H groups in total. The molecule has 1 saturated carbocycles. The number of rotatable bonds is 9. The number of hydrogen-bond acceptors (Lipinski definition) is 2. The van der Waals surface area contributed by atoms with E-state index in [1.54, 1.807) is 0 Å². The Morgan fingerprint density at radius 1 is 0.771 bits per heavy atom. The smallest absolute Gasteiger partial charge is 0.200 e. The van der Waals surface area contributed by atoms with Crippen molar-refractivity contribution in [2.75, 3.05) is 6.61 Å². The molecule has 5 rings (SSSR count). The second-order valence-electron chi connectivity index (χ2n) is 10.6. The molecule has 0 amide bonds. The van der Waals surface area contributed by atoms with Crippen molar-refractivity contribution in [2.45, 2.75) is 83.3 Å². The van der Waals surface area contributed by atoms with Crippen molar-refractivity contribution in [1.29, 1.82) is 0 Å². The topological polar surface area (TPSA) is 18.5 Å². The van der Waals surface area contributed by atoms with E-state index in [4.69, 9.17) is 9.47 Å². The number of fused-ring (bicyclic) bond motifs is 3. The lowest BCUT2D eigenvalue weighted by atomic mass is 9.96. The van der Waals surface area contributed by atoms with Gasteiger partial charge in [0.05, 0.1) is 6.61 Å². The highest BCUT2D eigenvalue weighted by Crippen LogP contribution is 2.44. The summed E-state index contributed by atoms with van der Waals surface area (Å²) < 4.78 is 13.2. The molecule has 0 radical (unpaired) electrons. The third-order valence-corrected chi connectivity index (χ3v) is 8.24. The molecule has 0 saturated heterocycles. The van der Waals surface area contributed by atoms with Gasteiger partial charge in [-0.1, -0.05) is 113 Å². The number of ether oxygens (including phenoxy) is 2. The molecule has 35 heavy (non-hydrogen) atoms. The van der Waals surface area contributed by atoms with Gasteiger partial charge in [0.15, 0.2) is 6.29 Å². The third kappa shape index (κ3) is 5.64. The Morgan fingerprint density at radius 2 is 1.37 bits per heavy atom. The summed E-state index contributed by atoms with van der Waals surface area (Å²) >= 11 is 0. The highest BCUT2D eigenvalue weighted by atomic mass is 16.7. The van der Waals surface area contributed by atoms with Gasteiger partial charge in [-0.15, -0.1) is 0 Å². The van der Waals surface area contributed by atoms with Gasteiger partial charge in [-0.25, -0.2) is 0 Å². The molecule has 2 atom stereocenters. The van der Waals surface area contributed by atoms with Crippen LogP contribution >= 0.6 is 0 Å². The monoisotopic (exact) mass is 468 g/mol. The molecule has 1 fully saturated rings. The summed E-state index contributed by atoms with van der Waals surface area (Å²) in [4.78, 5) is 0. The van der Waals surface area contributed by atoms with Crippen LogP contribution in [0.2, 0.25) is 0 Å². The molecule has 184 valence electrons. The molecule has 2 nitrogen and oxygen atoms in total. The average Bonchev–Trinajstić information content (AvgIpc) is 3.02. The summed E-state index contributed by atoms with van der Waals surface area (Å²) in [7, 11) is 0. The first-order valence-corrected chi connectivity index (χ1v) is 13.8. The van der Waals surface area contributed by atoms with Gasteiger partial charge < -0.3 is 9.47 Å². The van der Waals surface area contributed by atoms with Gasteiger partial charge >= 0.3 is 0 Å². The molecule has 3 aromatic carbocycles. The van der Waals surface area contributed by atoms with Crippen LogP contribution in [0.25, 0.3) is 11.1 Å². The van der Waals surface area contributed by atoms with Crippen molar-refractivity contribution in [1.82, 2.24) is 0 Å². The summed E-state index contributed by atoms with van der Waals surface area (Å²) in [5, 5.41) is 0. The zero-order chi connectivity index (χ0) is 24.0. The Morgan fingerprint density at radius 3 is 1.97 bits per heavy atom. The Bertz CT molecular complexity index is 1030. The van der Waals surface area contributed by atoms with Gasteiger partial charge in [0.1, 0.15) is 5.75 Å². The van der Waals surface area contributed by atoms with Crippen molar-refractivity contribution in [3.05, 3.63) is 89.5 Å². The van der Waals surface area contributed by atoms with Crippen molar-refractivity contribution in [3.8, 4) is 16.9 Å². The highest BCUT2D eigenvalue weighted by molar-refractivity contribution is 5.78. The fraction of sp³-hybridized carbons (Fsp3) is 0.455. The van der Waals surface area contributed by atoms with E-state index in [2.05, 4.69) is 86.6 Å². The van der Waals surface area contributed by atoms with E-state index in [1.165, 1.54) is 66.3 Å². The van der Waals surface area contributed by atoms with Crippen LogP contribution in [0, 0.1) is 5.92 Å². The Labute approximate surface area is 211 Å². The van der Waals surface area contributed by atoms with Gasteiger partial charge in [-0.3, -0.25) is 0 Å². The SMILES string of the molecule is CCC(C)c1ccc(OC(CC2CCCCCC2)OCC2c3ccccc3-c3ccccc32)cc1. The molecular formula is C33H40O2. The maximum Gasteiger partial charge on any atom is 0.200 e. The molecule has 0 spiro atoms. The van der Waals surface area contributed by atoms with E-state index in [0.29, 0.717) is 18.4 Å². The first-order valence-electron chi connectivity index (χ1n) is 13.8. The Hall–Kier alpha value is -2.58. The maximum absolute atomic E-state index is 6.66. The molecule has 2 unspecified atom stereocenters. The van der Waals surface area contributed by atoms with Crippen LogP contribution in [0.3, 0.4) is 0 Å². The normalized spacial score (nSPS) is 17.9. The lowest BCUT2D eigenvalue weighted by Gasteiger charge is -2.26. The minimum Gasteiger partial charge on any atom is -0.465 e. The first-order chi connectivity index (χ1) is 17.2. The quantitative estimate of drug-likeness (QED) is 0.230. The van der Waals surface area contributed by atoms with Gasteiger partial charge in [-0.2, -0.15) is 0 Å². The van der Waals surface area contributed by atoms with Gasteiger partial charge in [0.2, 0.25) is 0 Å². The fourth-order valence-corrected chi connectivity index (χ4v) is 5.93. The van der Waals surface area contributed by atoms with Gasteiger partial charge in [-0.05, 0) is 58.2 Å². The predicted octanol–water partition coefficient (Wildman–Crippen LogP) is 9.09. The van der Waals surface area contributed by atoms with Crippen LogP contribution in [-0.2, 0) is 4.74 Å². The molecule has 2 aliphatic carbocycles. The van der Waals surface area contributed by atoms with E-state index in [-0.39, 0.29) is 12.2 Å². The van der Waals surface area contributed by atoms with Crippen LogP contribution in [0.1, 0.15) is 93.7 Å². The van der Waals surface area contributed by atoms with Gasteiger partial charge in [0, 0.05) is 12.3 Å². The molecule has 0 aliphatic heterocycles. The molecule has 0 bridgehead atoms. The van der Waals surface area contributed by atoms with E-state index < -0.39 is 0 Å². The molecule has 3 aromatic rings. The predicted molar refractivity (Wildman–Crippen MR) is 145 cm³/mol. The Balaban J connectivity index is 1.33. The summed E-state index contributed by atoms with van der Waals surface area (Å²) in [5.41, 5.74) is 6.82. The highest BCUT2D eigenvalue weighted by Gasteiger charge is 2.30. The largest absolute Gasteiger partial charge is 0.465 e. The molecule has 0 heterocycles. The third-order valence-electron chi connectivity index (χ3n) is 8.24. The van der Waals surface area contributed by atoms with Crippen molar-refractivity contribution >= 4 is 0 Å². The number of hydrogen-bond donors (Lipinski definition) is 0. The second kappa shape index (κ2) is 11.4. The van der Waals surface area contributed by atoms with Crippen LogP contribution in [0.15, 0.2) is 72.8 Å².